The maximum absolute atomic E-state index is 9.60. The number of carbonyl (C=O) groups is 1. The largest absolute Gasteiger partial charge is 0.478 e. The van der Waals surface area contributed by atoms with Crippen LogP contribution in [0, 0.1) is 0 Å². The quantitative estimate of drug-likeness (QED) is 0.334. The van der Waals surface area contributed by atoms with Gasteiger partial charge in [0.2, 0.25) is 0 Å². The van der Waals surface area contributed by atoms with Crippen LogP contribution < -0.4 is 0 Å². The van der Waals surface area contributed by atoms with Gasteiger partial charge in [-0.15, -0.1) is 0 Å². The monoisotopic (exact) mass is 84.0 g/mol. The lowest BCUT2D eigenvalue weighted by Crippen LogP contribution is -1.96. The lowest BCUT2D eigenvalue weighted by atomic mass is 9.99. The molecule has 0 aromatic carbocycles. The van der Waals surface area contributed by atoms with Crippen molar-refractivity contribution in [2.24, 2.45) is 0 Å². The van der Waals surface area contributed by atoms with E-state index in [0.29, 0.717) is 0 Å². The Hall–Kier alpha value is -0.725. The zero-order valence-electron chi connectivity index (χ0n) is 3.56. The van der Waals surface area contributed by atoms with E-state index in [1.807, 2.05) is 0 Å². The van der Waals surface area contributed by atoms with E-state index >= 15 is 0 Å². The molecule has 0 heterocycles. The fourth-order valence-corrected chi connectivity index (χ4v) is 0. The molecule has 6 heavy (non-hydrogen) atoms. The van der Waals surface area contributed by atoms with E-state index in [2.05, 4.69) is 6.58 Å². The van der Waals surface area contributed by atoms with Crippen LogP contribution in [0.1, 0.15) is 0 Å². The van der Waals surface area contributed by atoms with Crippen molar-refractivity contribution >= 4 is 13.8 Å². The lowest BCUT2D eigenvalue weighted by molar-refractivity contribution is -0.131. The molecule has 0 fully saturated rings. The summed E-state index contributed by atoms with van der Waals surface area (Å²) in [7, 11) is 1.45. The predicted molar refractivity (Wildman–Crippen MR) is 25.3 cm³/mol. The Bertz CT molecular complexity index is 74.8. The second kappa shape index (κ2) is 1.65. The Morgan fingerprint density at radius 3 is 2.00 bits per heavy atom. The van der Waals surface area contributed by atoms with Crippen LogP contribution in [0.15, 0.2) is 12.1 Å². The van der Waals surface area contributed by atoms with Gasteiger partial charge in [0, 0.05) is 0 Å². The first-order valence-corrected chi connectivity index (χ1v) is 1.53. The highest BCUT2D eigenvalue weighted by atomic mass is 16.4. The topological polar surface area (TPSA) is 37.3 Å². The summed E-state index contributed by atoms with van der Waals surface area (Å²) in [6, 6.07) is 0. The minimum Gasteiger partial charge on any atom is -0.478 e. The van der Waals surface area contributed by atoms with Gasteiger partial charge in [0.25, 0.3) is 0 Å². The van der Waals surface area contributed by atoms with E-state index in [4.69, 9.17) is 5.11 Å². The SMILES string of the molecule is BC(=C)C(=O)O. The maximum atomic E-state index is 9.60. The zero-order chi connectivity index (χ0) is 5.15. The minimum absolute atomic E-state index is 0.176. The molecule has 0 aliphatic rings. The van der Waals surface area contributed by atoms with Gasteiger partial charge < -0.3 is 5.11 Å². The van der Waals surface area contributed by atoms with Crippen LogP contribution in [0.4, 0.5) is 0 Å². The van der Waals surface area contributed by atoms with Crippen LogP contribution in [-0.4, -0.2) is 18.9 Å². The van der Waals surface area contributed by atoms with Gasteiger partial charge in [-0.3, -0.25) is 0 Å². The van der Waals surface area contributed by atoms with Gasteiger partial charge in [-0.05, 0) is 5.47 Å². The van der Waals surface area contributed by atoms with Crippen molar-refractivity contribution in [3.8, 4) is 0 Å². The summed E-state index contributed by atoms with van der Waals surface area (Å²) in [5.41, 5.74) is 0.176. The molecule has 0 radical (unpaired) electrons. The maximum Gasteiger partial charge on any atom is 0.321 e. The van der Waals surface area contributed by atoms with Crippen molar-refractivity contribution in [2.75, 3.05) is 0 Å². The average Bonchev–Trinajstić information content (AvgIpc) is 1.36. The molecule has 0 aliphatic carbocycles. The van der Waals surface area contributed by atoms with E-state index in [0.717, 1.165) is 0 Å². The van der Waals surface area contributed by atoms with E-state index < -0.39 is 5.97 Å². The first kappa shape index (κ1) is 5.27. The number of rotatable bonds is 1. The zero-order valence-corrected chi connectivity index (χ0v) is 3.56. The van der Waals surface area contributed by atoms with Crippen molar-refractivity contribution in [3.63, 3.8) is 0 Å². The first-order valence-electron chi connectivity index (χ1n) is 1.53. The molecule has 32 valence electrons. The molecule has 2 nitrogen and oxygen atoms in total. The highest BCUT2D eigenvalue weighted by Gasteiger charge is 1.90. The van der Waals surface area contributed by atoms with Gasteiger partial charge in [-0.2, -0.15) is 0 Å². The molecule has 0 aromatic rings. The molecule has 0 spiro atoms. The third-order valence-corrected chi connectivity index (χ3v) is 0.365. The predicted octanol–water partition coefficient (Wildman–Crippen LogP) is -0.782. The molecule has 0 unspecified atom stereocenters. The van der Waals surface area contributed by atoms with Gasteiger partial charge in [0.05, 0.1) is 0 Å². The Morgan fingerprint density at radius 2 is 2.00 bits per heavy atom. The summed E-state index contributed by atoms with van der Waals surface area (Å²) >= 11 is 0. The Balaban J connectivity index is 3.57. The fourth-order valence-electron chi connectivity index (χ4n) is 0. The number of aliphatic carboxylic acids is 1. The minimum atomic E-state index is -0.935. The van der Waals surface area contributed by atoms with Crippen LogP contribution in [0.2, 0.25) is 0 Å². The van der Waals surface area contributed by atoms with Crippen LogP contribution in [0.3, 0.4) is 0 Å². The second-order valence-corrected chi connectivity index (χ2v) is 1.09. The van der Waals surface area contributed by atoms with Crippen molar-refractivity contribution < 1.29 is 9.90 Å². The highest BCUT2D eigenvalue weighted by Crippen LogP contribution is 1.74. The van der Waals surface area contributed by atoms with Crippen molar-refractivity contribution in [1.82, 2.24) is 0 Å². The molecule has 0 aromatic heterocycles. The molecule has 0 rings (SSSR count). The molecule has 1 N–H and O–H groups in total. The van der Waals surface area contributed by atoms with Gasteiger partial charge in [0.15, 0.2) is 0 Å². The molecular weight excluding hydrogens is 78.8 g/mol. The normalized spacial score (nSPS) is 7.33. The van der Waals surface area contributed by atoms with Gasteiger partial charge in [-0.1, -0.05) is 6.58 Å². The Morgan fingerprint density at radius 1 is 1.83 bits per heavy atom. The third kappa shape index (κ3) is 1.58. The number of hydrogen-bond acceptors (Lipinski definition) is 1. The van der Waals surface area contributed by atoms with Gasteiger partial charge in [0.1, 0.15) is 7.85 Å². The number of carboxylic acids is 1. The molecule has 0 atom stereocenters. The number of carboxylic acid groups (broad SMARTS) is 1. The van der Waals surface area contributed by atoms with Crippen molar-refractivity contribution in [2.45, 2.75) is 0 Å². The second-order valence-electron chi connectivity index (χ2n) is 1.09. The van der Waals surface area contributed by atoms with Gasteiger partial charge in [-0.25, -0.2) is 4.79 Å². The van der Waals surface area contributed by atoms with Gasteiger partial charge >= 0.3 is 5.97 Å². The van der Waals surface area contributed by atoms with E-state index in [9.17, 15) is 4.79 Å². The van der Waals surface area contributed by atoms with E-state index in [1.165, 1.54) is 7.85 Å². The van der Waals surface area contributed by atoms with E-state index in [1.54, 1.807) is 0 Å². The smallest absolute Gasteiger partial charge is 0.321 e. The molecule has 0 aliphatic heterocycles. The molecule has 3 heteroatoms. The summed E-state index contributed by atoms with van der Waals surface area (Å²) < 4.78 is 0. The first-order chi connectivity index (χ1) is 2.64. The van der Waals surface area contributed by atoms with Crippen LogP contribution in [0.5, 0.6) is 0 Å². The molecule has 0 bridgehead atoms. The number of hydrogen-bond donors (Lipinski definition) is 1. The summed E-state index contributed by atoms with van der Waals surface area (Å²) in [6.07, 6.45) is 0. The third-order valence-electron chi connectivity index (χ3n) is 0.365. The van der Waals surface area contributed by atoms with Crippen molar-refractivity contribution in [3.05, 3.63) is 12.1 Å². The van der Waals surface area contributed by atoms with Crippen molar-refractivity contribution in [1.29, 1.82) is 0 Å². The standard InChI is InChI=1S/C3H5BO2/c1-2(4)3(5)6/h1,4H2,(H,5,6). The van der Waals surface area contributed by atoms with Crippen LogP contribution in [-0.2, 0) is 4.79 Å². The Labute approximate surface area is 36.9 Å². The van der Waals surface area contributed by atoms with E-state index in [-0.39, 0.29) is 5.47 Å². The summed E-state index contributed by atoms with van der Waals surface area (Å²) in [5.74, 6) is -0.935. The average molecular weight is 83.9 g/mol. The van der Waals surface area contributed by atoms with Crippen LogP contribution in [0.25, 0.3) is 0 Å². The molecule has 0 saturated heterocycles. The fraction of sp³-hybridized carbons (Fsp3) is 0. The summed E-state index contributed by atoms with van der Waals surface area (Å²) in [6.45, 7) is 3.16. The highest BCUT2D eigenvalue weighted by molar-refractivity contribution is 6.34. The molecular formula is C3H5BO2. The summed E-state index contributed by atoms with van der Waals surface area (Å²) in [5, 5.41) is 7.89. The summed E-state index contributed by atoms with van der Waals surface area (Å²) in [4.78, 5) is 9.60. The Kier molecular flexibility index (Phi) is 1.45. The molecule has 0 amide bonds. The molecule has 0 saturated carbocycles. The van der Waals surface area contributed by atoms with Crippen LogP contribution >= 0.6 is 0 Å². The lowest BCUT2D eigenvalue weighted by Gasteiger charge is -1.79.